The quantitative estimate of drug-likeness (QED) is 0.676. The molecule has 0 aromatic carbocycles. The van der Waals surface area contributed by atoms with Gasteiger partial charge in [0.05, 0.1) is 6.61 Å². The topological polar surface area (TPSA) is 36.9 Å². The van der Waals surface area contributed by atoms with Gasteiger partial charge in [0, 0.05) is 0 Å². The molecule has 2 aliphatic heterocycles. The molecule has 2 rings (SSSR count). The van der Waals surface area contributed by atoms with Gasteiger partial charge < -0.3 is 18.9 Å². The molecule has 0 bridgehead atoms. The number of rotatable bonds is 2. The van der Waals surface area contributed by atoms with E-state index in [9.17, 15) is 0 Å². The Bertz CT molecular complexity index is 285. The van der Waals surface area contributed by atoms with Crippen LogP contribution in [0, 0.1) is 0 Å². The Morgan fingerprint density at radius 3 is 2.25 bits per heavy atom. The first-order chi connectivity index (χ1) is 7.33. The first-order valence-corrected chi connectivity index (χ1v) is 5.63. The van der Waals surface area contributed by atoms with Crippen LogP contribution in [0.4, 0.5) is 0 Å². The average Bonchev–Trinajstić information content (AvgIpc) is 2.65. The van der Waals surface area contributed by atoms with Crippen molar-refractivity contribution >= 4 is 0 Å². The first-order valence-electron chi connectivity index (χ1n) is 5.63. The highest BCUT2D eigenvalue weighted by atomic mass is 16.8. The highest BCUT2D eigenvalue weighted by Gasteiger charge is 2.48. The van der Waals surface area contributed by atoms with Crippen molar-refractivity contribution in [1.82, 2.24) is 0 Å². The molecule has 3 atom stereocenters. The van der Waals surface area contributed by atoms with E-state index in [0.717, 1.165) is 0 Å². The average molecular weight is 228 g/mol. The summed E-state index contributed by atoms with van der Waals surface area (Å²) < 4.78 is 22.9. The van der Waals surface area contributed by atoms with Crippen molar-refractivity contribution in [2.24, 2.45) is 0 Å². The normalized spacial score (nSPS) is 41.1. The van der Waals surface area contributed by atoms with Gasteiger partial charge in [-0.1, -0.05) is 6.08 Å². The van der Waals surface area contributed by atoms with Crippen molar-refractivity contribution in [3.05, 3.63) is 12.7 Å². The lowest BCUT2D eigenvalue weighted by Crippen LogP contribution is -2.37. The first kappa shape index (κ1) is 12.0. The molecule has 4 heteroatoms. The third kappa shape index (κ3) is 2.30. The molecule has 0 saturated carbocycles. The Labute approximate surface area is 96.5 Å². The van der Waals surface area contributed by atoms with Crippen LogP contribution in [0.5, 0.6) is 0 Å². The second-order valence-corrected chi connectivity index (χ2v) is 5.17. The van der Waals surface area contributed by atoms with E-state index < -0.39 is 11.6 Å². The highest BCUT2D eigenvalue weighted by molar-refractivity contribution is 4.98. The summed E-state index contributed by atoms with van der Waals surface area (Å²) in [4.78, 5) is 0. The van der Waals surface area contributed by atoms with Crippen molar-refractivity contribution in [2.75, 3.05) is 6.61 Å². The van der Waals surface area contributed by atoms with Gasteiger partial charge in [0.2, 0.25) is 0 Å². The molecule has 0 aromatic rings. The second kappa shape index (κ2) is 3.81. The van der Waals surface area contributed by atoms with Crippen molar-refractivity contribution in [2.45, 2.75) is 57.6 Å². The number of hydrogen-bond acceptors (Lipinski definition) is 4. The molecule has 16 heavy (non-hydrogen) atoms. The molecule has 0 unspecified atom stereocenters. The zero-order chi connectivity index (χ0) is 12.0. The molecule has 2 heterocycles. The fraction of sp³-hybridized carbons (Fsp3) is 0.833. The molecule has 2 fully saturated rings. The molecule has 0 amide bonds. The summed E-state index contributed by atoms with van der Waals surface area (Å²) in [5, 5.41) is 0. The van der Waals surface area contributed by atoms with Crippen LogP contribution in [0.15, 0.2) is 12.7 Å². The van der Waals surface area contributed by atoms with Gasteiger partial charge >= 0.3 is 0 Å². The lowest BCUT2D eigenvalue weighted by Gasteiger charge is -2.22. The van der Waals surface area contributed by atoms with Crippen LogP contribution in [0.25, 0.3) is 0 Å². The standard InChI is InChI=1S/C12H20O4/c1-6-8-10(16-12(4,5)14-8)9-7-13-11(2,3)15-9/h6,8-10H,1,7H2,2-5H3/t8-,9+,10+/m1/s1. The van der Waals surface area contributed by atoms with E-state index in [1.54, 1.807) is 6.08 Å². The van der Waals surface area contributed by atoms with E-state index in [4.69, 9.17) is 18.9 Å². The molecular weight excluding hydrogens is 208 g/mol. The van der Waals surface area contributed by atoms with Crippen LogP contribution in [0.1, 0.15) is 27.7 Å². The summed E-state index contributed by atoms with van der Waals surface area (Å²) in [7, 11) is 0. The third-order valence-corrected chi connectivity index (χ3v) is 2.79. The molecule has 2 aliphatic rings. The largest absolute Gasteiger partial charge is 0.348 e. The molecule has 92 valence electrons. The molecule has 0 aliphatic carbocycles. The van der Waals surface area contributed by atoms with E-state index in [1.807, 2.05) is 27.7 Å². The van der Waals surface area contributed by atoms with Crippen LogP contribution >= 0.6 is 0 Å². The van der Waals surface area contributed by atoms with Crippen LogP contribution < -0.4 is 0 Å². The third-order valence-electron chi connectivity index (χ3n) is 2.79. The molecule has 4 nitrogen and oxygen atoms in total. The van der Waals surface area contributed by atoms with E-state index in [2.05, 4.69) is 6.58 Å². The summed E-state index contributed by atoms with van der Waals surface area (Å²) in [6, 6.07) is 0. The molecule has 2 saturated heterocycles. The molecule has 0 aromatic heterocycles. The maximum Gasteiger partial charge on any atom is 0.164 e. The smallest absolute Gasteiger partial charge is 0.164 e. The van der Waals surface area contributed by atoms with Crippen molar-refractivity contribution in [3.8, 4) is 0 Å². The maximum atomic E-state index is 5.83. The van der Waals surface area contributed by atoms with Crippen LogP contribution in [-0.2, 0) is 18.9 Å². The van der Waals surface area contributed by atoms with Crippen LogP contribution in [0.2, 0.25) is 0 Å². The van der Waals surface area contributed by atoms with Gasteiger partial charge in [0.1, 0.15) is 18.3 Å². The second-order valence-electron chi connectivity index (χ2n) is 5.17. The highest BCUT2D eigenvalue weighted by Crippen LogP contribution is 2.35. The van der Waals surface area contributed by atoms with Gasteiger partial charge in [-0.3, -0.25) is 0 Å². The zero-order valence-corrected chi connectivity index (χ0v) is 10.4. The van der Waals surface area contributed by atoms with Crippen LogP contribution in [0.3, 0.4) is 0 Å². The Kier molecular flexibility index (Phi) is 2.87. The predicted octanol–water partition coefficient (Wildman–Crippen LogP) is 1.84. The summed E-state index contributed by atoms with van der Waals surface area (Å²) >= 11 is 0. The van der Waals surface area contributed by atoms with Crippen molar-refractivity contribution in [3.63, 3.8) is 0 Å². The zero-order valence-electron chi connectivity index (χ0n) is 10.4. The number of hydrogen-bond donors (Lipinski definition) is 0. The lowest BCUT2D eigenvalue weighted by molar-refractivity contribution is -0.174. The van der Waals surface area contributed by atoms with Crippen molar-refractivity contribution < 1.29 is 18.9 Å². The lowest BCUT2D eigenvalue weighted by atomic mass is 10.1. The Morgan fingerprint density at radius 2 is 1.75 bits per heavy atom. The fourth-order valence-corrected chi connectivity index (χ4v) is 2.16. The molecular formula is C12H20O4. The van der Waals surface area contributed by atoms with E-state index in [0.29, 0.717) is 6.61 Å². The molecule has 0 spiro atoms. The predicted molar refractivity (Wildman–Crippen MR) is 58.9 cm³/mol. The van der Waals surface area contributed by atoms with Gasteiger partial charge in [-0.2, -0.15) is 0 Å². The minimum atomic E-state index is -0.584. The van der Waals surface area contributed by atoms with Crippen LogP contribution in [-0.4, -0.2) is 36.5 Å². The van der Waals surface area contributed by atoms with Gasteiger partial charge in [0.15, 0.2) is 11.6 Å². The summed E-state index contributed by atoms with van der Waals surface area (Å²) in [5.74, 6) is -1.12. The number of ether oxygens (including phenoxy) is 4. The fourth-order valence-electron chi connectivity index (χ4n) is 2.16. The van der Waals surface area contributed by atoms with E-state index in [-0.39, 0.29) is 18.3 Å². The SMILES string of the molecule is C=C[C@H]1OC(C)(C)O[C@@H]1[C@@H]1COC(C)(C)O1. The molecule has 0 radical (unpaired) electrons. The van der Waals surface area contributed by atoms with Gasteiger partial charge in [-0.15, -0.1) is 6.58 Å². The maximum absolute atomic E-state index is 5.83. The molecule has 0 N–H and O–H groups in total. The van der Waals surface area contributed by atoms with Gasteiger partial charge in [-0.25, -0.2) is 0 Å². The van der Waals surface area contributed by atoms with E-state index >= 15 is 0 Å². The van der Waals surface area contributed by atoms with E-state index in [1.165, 1.54) is 0 Å². The minimum absolute atomic E-state index is 0.0974. The Balaban J connectivity index is 2.07. The Morgan fingerprint density at radius 1 is 1.06 bits per heavy atom. The Hall–Kier alpha value is -0.420. The van der Waals surface area contributed by atoms with Crippen molar-refractivity contribution in [1.29, 1.82) is 0 Å². The van der Waals surface area contributed by atoms with Gasteiger partial charge in [-0.05, 0) is 27.7 Å². The minimum Gasteiger partial charge on any atom is -0.348 e. The summed E-state index contributed by atoms with van der Waals surface area (Å²) in [6.07, 6.45) is 1.38. The summed E-state index contributed by atoms with van der Waals surface area (Å²) in [6.45, 7) is 11.9. The monoisotopic (exact) mass is 228 g/mol. The summed E-state index contributed by atoms with van der Waals surface area (Å²) in [5.41, 5.74) is 0. The van der Waals surface area contributed by atoms with Gasteiger partial charge in [0.25, 0.3) is 0 Å².